The summed E-state index contributed by atoms with van der Waals surface area (Å²) in [7, 11) is 3.75. The minimum Gasteiger partial charge on any atom is -0.467 e. The van der Waals surface area contributed by atoms with Gasteiger partial charge in [0.1, 0.15) is 5.76 Å². The minimum atomic E-state index is -0.0522. The molecule has 0 saturated heterocycles. The Morgan fingerprint density at radius 2 is 2.19 bits per heavy atom. The molecule has 5 nitrogen and oxygen atoms in total. The maximum atomic E-state index is 12.3. The predicted octanol–water partition coefficient (Wildman–Crippen LogP) is 2.78. The van der Waals surface area contributed by atoms with Crippen molar-refractivity contribution < 1.29 is 9.21 Å². The van der Waals surface area contributed by atoms with Gasteiger partial charge < -0.3 is 9.32 Å². The van der Waals surface area contributed by atoms with Gasteiger partial charge in [0.15, 0.2) is 0 Å². The molecule has 0 aliphatic heterocycles. The van der Waals surface area contributed by atoms with Crippen LogP contribution in [0.15, 0.2) is 22.8 Å². The summed E-state index contributed by atoms with van der Waals surface area (Å²) < 4.78 is 7.23. The molecule has 0 N–H and O–H groups in total. The Kier molecular flexibility index (Phi) is 4.50. The summed E-state index contributed by atoms with van der Waals surface area (Å²) in [5.74, 6) is 0.918. The van der Waals surface area contributed by atoms with E-state index in [0.29, 0.717) is 6.42 Å². The molecule has 114 valence electrons. The van der Waals surface area contributed by atoms with Crippen LogP contribution in [0.5, 0.6) is 0 Å². The molecule has 1 atom stereocenters. The number of aryl methyl sites for hydroxylation is 2. The van der Waals surface area contributed by atoms with Crippen molar-refractivity contribution in [3.8, 4) is 0 Å². The molecule has 1 amide bonds. The SMILES string of the molecule is Cc1nn(C)c(C)c1CCC(=O)N(C)C(C)c1ccco1. The lowest BCUT2D eigenvalue weighted by Gasteiger charge is -2.23. The minimum absolute atomic E-state index is 0.0522. The molecule has 2 aromatic rings. The summed E-state index contributed by atoms with van der Waals surface area (Å²) in [6, 6.07) is 3.68. The van der Waals surface area contributed by atoms with E-state index in [9.17, 15) is 4.79 Å². The number of furan rings is 1. The van der Waals surface area contributed by atoms with Crippen LogP contribution >= 0.6 is 0 Å². The molecule has 2 rings (SSSR count). The molecular formula is C16H23N3O2. The number of rotatable bonds is 5. The molecule has 1 unspecified atom stereocenters. The van der Waals surface area contributed by atoms with Gasteiger partial charge in [-0.15, -0.1) is 0 Å². The van der Waals surface area contributed by atoms with Crippen LogP contribution in [0.2, 0.25) is 0 Å². The highest BCUT2D eigenvalue weighted by Gasteiger charge is 2.20. The van der Waals surface area contributed by atoms with E-state index in [0.717, 1.165) is 23.6 Å². The molecule has 0 aromatic carbocycles. The van der Waals surface area contributed by atoms with Crippen LogP contribution in [0.3, 0.4) is 0 Å². The molecular weight excluding hydrogens is 266 g/mol. The standard InChI is InChI=1S/C16H23N3O2/c1-11-14(12(2)19(5)17-11)8-9-16(20)18(4)13(3)15-7-6-10-21-15/h6-7,10,13H,8-9H2,1-5H3. The van der Waals surface area contributed by atoms with Crippen molar-refractivity contribution in [2.24, 2.45) is 7.05 Å². The highest BCUT2D eigenvalue weighted by atomic mass is 16.3. The Morgan fingerprint density at radius 1 is 1.48 bits per heavy atom. The van der Waals surface area contributed by atoms with Crippen LogP contribution < -0.4 is 0 Å². The average molecular weight is 289 g/mol. The summed E-state index contributed by atoms with van der Waals surface area (Å²) in [6.07, 6.45) is 2.83. The summed E-state index contributed by atoms with van der Waals surface area (Å²) in [6.45, 7) is 5.99. The van der Waals surface area contributed by atoms with Crippen molar-refractivity contribution in [2.75, 3.05) is 7.05 Å². The highest BCUT2D eigenvalue weighted by molar-refractivity contribution is 5.76. The number of carbonyl (C=O) groups excluding carboxylic acids is 1. The largest absolute Gasteiger partial charge is 0.467 e. The van der Waals surface area contributed by atoms with Crippen molar-refractivity contribution in [3.63, 3.8) is 0 Å². The lowest BCUT2D eigenvalue weighted by molar-refractivity contribution is -0.132. The average Bonchev–Trinajstić information content (AvgIpc) is 3.06. The highest BCUT2D eigenvalue weighted by Crippen LogP contribution is 2.21. The zero-order valence-electron chi connectivity index (χ0n) is 13.4. The number of nitrogens with zero attached hydrogens (tertiary/aromatic N) is 3. The zero-order valence-corrected chi connectivity index (χ0v) is 13.4. The van der Waals surface area contributed by atoms with E-state index in [-0.39, 0.29) is 11.9 Å². The fourth-order valence-corrected chi connectivity index (χ4v) is 2.52. The van der Waals surface area contributed by atoms with Crippen molar-refractivity contribution in [2.45, 2.75) is 39.7 Å². The Hall–Kier alpha value is -2.04. The third kappa shape index (κ3) is 3.17. The van der Waals surface area contributed by atoms with E-state index >= 15 is 0 Å². The van der Waals surface area contributed by atoms with Gasteiger partial charge in [0.25, 0.3) is 0 Å². The van der Waals surface area contributed by atoms with Crippen LogP contribution in [0.1, 0.15) is 42.1 Å². The number of hydrogen-bond acceptors (Lipinski definition) is 3. The Balaban J connectivity index is 1.98. The molecule has 0 saturated carbocycles. The van der Waals surface area contributed by atoms with E-state index in [1.807, 2.05) is 51.7 Å². The van der Waals surface area contributed by atoms with Crippen molar-refractivity contribution in [1.29, 1.82) is 0 Å². The molecule has 21 heavy (non-hydrogen) atoms. The summed E-state index contributed by atoms with van der Waals surface area (Å²) >= 11 is 0. The third-order valence-electron chi connectivity index (χ3n) is 4.18. The molecule has 0 bridgehead atoms. The molecule has 0 radical (unpaired) electrons. The van der Waals surface area contributed by atoms with Crippen LogP contribution in [0.4, 0.5) is 0 Å². The van der Waals surface area contributed by atoms with Crippen molar-refractivity contribution in [1.82, 2.24) is 14.7 Å². The maximum Gasteiger partial charge on any atom is 0.223 e. The number of carbonyl (C=O) groups is 1. The summed E-state index contributed by atoms with van der Waals surface area (Å²) in [5.41, 5.74) is 3.30. The number of amides is 1. The van der Waals surface area contributed by atoms with Gasteiger partial charge in [-0.1, -0.05) is 0 Å². The Bertz CT molecular complexity index is 614. The quantitative estimate of drug-likeness (QED) is 0.850. The van der Waals surface area contributed by atoms with Crippen molar-refractivity contribution in [3.05, 3.63) is 41.1 Å². The van der Waals surface area contributed by atoms with Gasteiger partial charge in [-0.2, -0.15) is 5.10 Å². The fraction of sp³-hybridized carbons (Fsp3) is 0.500. The smallest absolute Gasteiger partial charge is 0.223 e. The van der Waals surface area contributed by atoms with Gasteiger partial charge in [-0.05, 0) is 44.9 Å². The third-order valence-corrected chi connectivity index (χ3v) is 4.18. The molecule has 5 heteroatoms. The second-order valence-corrected chi connectivity index (χ2v) is 5.47. The zero-order chi connectivity index (χ0) is 15.6. The first-order chi connectivity index (χ1) is 9.91. The van der Waals surface area contributed by atoms with Gasteiger partial charge in [0.2, 0.25) is 5.91 Å². The molecule has 0 fully saturated rings. The number of hydrogen-bond donors (Lipinski definition) is 0. The molecule has 0 aliphatic rings. The normalized spacial score (nSPS) is 12.4. The van der Waals surface area contributed by atoms with Gasteiger partial charge in [0, 0.05) is 26.2 Å². The lowest BCUT2D eigenvalue weighted by atomic mass is 10.1. The van der Waals surface area contributed by atoms with Crippen LogP contribution in [0, 0.1) is 13.8 Å². The maximum absolute atomic E-state index is 12.3. The first kappa shape index (κ1) is 15.4. The Labute approximate surface area is 125 Å². The topological polar surface area (TPSA) is 51.3 Å². The van der Waals surface area contributed by atoms with Crippen LogP contribution in [-0.2, 0) is 18.3 Å². The van der Waals surface area contributed by atoms with Gasteiger partial charge in [0.05, 0.1) is 18.0 Å². The lowest BCUT2D eigenvalue weighted by Crippen LogP contribution is -2.29. The molecule has 2 aromatic heterocycles. The van der Waals surface area contributed by atoms with E-state index in [1.165, 1.54) is 5.56 Å². The summed E-state index contributed by atoms with van der Waals surface area (Å²) in [4.78, 5) is 14.1. The second-order valence-electron chi connectivity index (χ2n) is 5.47. The monoisotopic (exact) mass is 289 g/mol. The predicted molar refractivity (Wildman–Crippen MR) is 80.9 cm³/mol. The summed E-state index contributed by atoms with van der Waals surface area (Å²) in [5, 5.41) is 4.39. The number of aromatic nitrogens is 2. The molecule has 2 heterocycles. The fourth-order valence-electron chi connectivity index (χ4n) is 2.52. The van der Waals surface area contributed by atoms with Gasteiger partial charge in [-0.25, -0.2) is 0 Å². The molecule has 0 spiro atoms. The Morgan fingerprint density at radius 3 is 2.71 bits per heavy atom. The van der Waals surface area contributed by atoms with Crippen LogP contribution in [-0.4, -0.2) is 27.6 Å². The van der Waals surface area contributed by atoms with E-state index in [1.54, 1.807) is 11.2 Å². The first-order valence-corrected chi connectivity index (χ1v) is 7.20. The van der Waals surface area contributed by atoms with Crippen LogP contribution in [0.25, 0.3) is 0 Å². The first-order valence-electron chi connectivity index (χ1n) is 7.20. The second kappa shape index (κ2) is 6.16. The van der Waals surface area contributed by atoms with E-state index in [4.69, 9.17) is 4.42 Å². The van der Waals surface area contributed by atoms with Gasteiger partial charge >= 0.3 is 0 Å². The van der Waals surface area contributed by atoms with E-state index in [2.05, 4.69) is 5.10 Å². The van der Waals surface area contributed by atoms with Crippen molar-refractivity contribution >= 4 is 5.91 Å². The van der Waals surface area contributed by atoms with E-state index < -0.39 is 0 Å². The molecule has 0 aliphatic carbocycles. The van der Waals surface area contributed by atoms with Gasteiger partial charge in [-0.3, -0.25) is 9.48 Å².